The lowest BCUT2D eigenvalue weighted by Crippen LogP contribution is -2.42. The molecule has 88 valence electrons. The van der Waals surface area contributed by atoms with Gasteiger partial charge in [-0.25, -0.2) is 4.98 Å². The van der Waals surface area contributed by atoms with Crippen molar-refractivity contribution in [1.82, 2.24) is 9.97 Å². The largest absolute Gasteiger partial charge is 0.474 e. The van der Waals surface area contributed by atoms with E-state index in [2.05, 4.69) is 9.97 Å². The van der Waals surface area contributed by atoms with Crippen LogP contribution in [0.25, 0.3) is 0 Å². The summed E-state index contributed by atoms with van der Waals surface area (Å²) in [5, 5.41) is -0.0240. The van der Waals surface area contributed by atoms with Crippen LogP contribution in [0.2, 0.25) is 5.02 Å². The van der Waals surface area contributed by atoms with Gasteiger partial charge in [0.1, 0.15) is 6.61 Å². The molecule has 0 atom stereocenters. The van der Waals surface area contributed by atoms with Crippen molar-refractivity contribution in [2.75, 3.05) is 6.61 Å². The molecule has 0 amide bonds. The summed E-state index contributed by atoms with van der Waals surface area (Å²) in [6.45, 7) is 0.350. The standard InChI is InChI=1S/C10H14ClN3O2/c11-7-8(15)13-6-14-9(7)16-5-10(12)3-1-2-4-10/h6H,1-5,12H2,(H,13,14,15). The molecule has 1 aliphatic carbocycles. The molecule has 16 heavy (non-hydrogen) atoms. The maximum absolute atomic E-state index is 11.2. The molecule has 1 aromatic heterocycles. The topological polar surface area (TPSA) is 81.0 Å². The van der Waals surface area contributed by atoms with Crippen molar-refractivity contribution in [3.63, 3.8) is 0 Å². The average Bonchev–Trinajstić information content (AvgIpc) is 2.68. The SMILES string of the molecule is NC1(COc2nc[nH]c(=O)c2Cl)CCCC1. The summed E-state index contributed by atoms with van der Waals surface area (Å²) in [4.78, 5) is 17.4. The summed E-state index contributed by atoms with van der Waals surface area (Å²) >= 11 is 5.75. The van der Waals surface area contributed by atoms with Crippen molar-refractivity contribution in [2.24, 2.45) is 5.73 Å². The van der Waals surface area contributed by atoms with Crippen molar-refractivity contribution in [2.45, 2.75) is 31.2 Å². The molecule has 5 nitrogen and oxygen atoms in total. The van der Waals surface area contributed by atoms with Gasteiger partial charge in [-0.1, -0.05) is 24.4 Å². The number of aromatic amines is 1. The number of halogens is 1. The Kier molecular flexibility index (Phi) is 3.16. The molecular weight excluding hydrogens is 230 g/mol. The van der Waals surface area contributed by atoms with Gasteiger partial charge in [-0.3, -0.25) is 4.79 Å². The second-order valence-electron chi connectivity index (χ2n) is 4.21. The molecule has 1 aromatic rings. The van der Waals surface area contributed by atoms with Gasteiger partial charge in [0.25, 0.3) is 5.56 Å². The third-order valence-electron chi connectivity index (χ3n) is 2.86. The van der Waals surface area contributed by atoms with Crippen LogP contribution in [0.15, 0.2) is 11.1 Å². The van der Waals surface area contributed by atoms with Crippen LogP contribution in [0, 0.1) is 0 Å². The average molecular weight is 244 g/mol. The van der Waals surface area contributed by atoms with E-state index in [9.17, 15) is 4.79 Å². The summed E-state index contributed by atoms with van der Waals surface area (Å²) in [6.07, 6.45) is 5.38. The van der Waals surface area contributed by atoms with Crippen LogP contribution < -0.4 is 16.0 Å². The second kappa shape index (κ2) is 4.43. The molecule has 1 aliphatic rings. The van der Waals surface area contributed by atoms with E-state index in [1.165, 1.54) is 6.33 Å². The van der Waals surface area contributed by atoms with Crippen LogP contribution in [0.5, 0.6) is 5.88 Å². The molecule has 3 N–H and O–H groups in total. The van der Waals surface area contributed by atoms with E-state index >= 15 is 0 Å². The van der Waals surface area contributed by atoms with Crippen molar-refractivity contribution < 1.29 is 4.74 Å². The first-order chi connectivity index (χ1) is 7.61. The first kappa shape index (κ1) is 11.4. The summed E-state index contributed by atoms with van der Waals surface area (Å²) in [7, 11) is 0. The molecule has 0 saturated heterocycles. The first-order valence-electron chi connectivity index (χ1n) is 5.26. The van der Waals surface area contributed by atoms with Crippen LogP contribution in [0.4, 0.5) is 0 Å². The summed E-state index contributed by atoms with van der Waals surface area (Å²) in [5.41, 5.74) is 5.42. The molecule has 1 fully saturated rings. The number of aromatic nitrogens is 2. The highest BCUT2D eigenvalue weighted by molar-refractivity contribution is 6.31. The predicted octanol–water partition coefficient (Wildman–Crippen LogP) is 1.07. The lowest BCUT2D eigenvalue weighted by atomic mass is 10.0. The van der Waals surface area contributed by atoms with Gasteiger partial charge in [0.15, 0.2) is 5.02 Å². The van der Waals surface area contributed by atoms with Gasteiger partial charge in [-0.05, 0) is 12.8 Å². The second-order valence-corrected chi connectivity index (χ2v) is 4.59. The molecule has 0 aromatic carbocycles. The number of nitrogens with one attached hydrogen (secondary N) is 1. The molecule has 0 aliphatic heterocycles. The Morgan fingerprint density at radius 2 is 2.25 bits per heavy atom. The Labute approximate surface area is 98.0 Å². The minimum Gasteiger partial charge on any atom is -0.474 e. The molecule has 0 bridgehead atoms. The normalized spacial score (nSPS) is 18.6. The highest BCUT2D eigenvalue weighted by atomic mass is 35.5. The maximum Gasteiger partial charge on any atom is 0.273 e. The summed E-state index contributed by atoms with van der Waals surface area (Å²) in [6, 6.07) is 0. The van der Waals surface area contributed by atoms with E-state index in [4.69, 9.17) is 22.1 Å². The maximum atomic E-state index is 11.2. The van der Waals surface area contributed by atoms with Gasteiger partial charge in [0.2, 0.25) is 5.88 Å². The quantitative estimate of drug-likeness (QED) is 0.832. The minimum absolute atomic E-state index is 0.0240. The number of ether oxygens (including phenoxy) is 1. The fourth-order valence-electron chi connectivity index (χ4n) is 1.90. The van der Waals surface area contributed by atoms with Crippen molar-refractivity contribution in [1.29, 1.82) is 0 Å². The Bertz CT molecular complexity index is 426. The zero-order chi connectivity index (χ0) is 11.6. The smallest absolute Gasteiger partial charge is 0.273 e. The van der Waals surface area contributed by atoms with E-state index in [0.717, 1.165) is 25.7 Å². The van der Waals surface area contributed by atoms with Crippen LogP contribution >= 0.6 is 11.6 Å². The predicted molar refractivity (Wildman–Crippen MR) is 60.7 cm³/mol. The van der Waals surface area contributed by atoms with Gasteiger partial charge in [0.05, 0.1) is 11.9 Å². The zero-order valence-electron chi connectivity index (χ0n) is 8.83. The molecule has 1 heterocycles. The summed E-state index contributed by atoms with van der Waals surface area (Å²) < 4.78 is 5.42. The van der Waals surface area contributed by atoms with Crippen LogP contribution in [0.1, 0.15) is 25.7 Å². The third-order valence-corrected chi connectivity index (χ3v) is 3.19. The van der Waals surface area contributed by atoms with Crippen LogP contribution in [-0.4, -0.2) is 22.1 Å². The Balaban J connectivity index is 2.04. The van der Waals surface area contributed by atoms with Crippen LogP contribution in [0.3, 0.4) is 0 Å². The summed E-state index contributed by atoms with van der Waals surface area (Å²) in [5.74, 6) is 0.155. The van der Waals surface area contributed by atoms with Crippen LogP contribution in [-0.2, 0) is 0 Å². The van der Waals surface area contributed by atoms with Gasteiger partial charge in [-0.2, -0.15) is 0 Å². The van der Waals surface area contributed by atoms with E-state index < -0.39 is 5.56 Å². The fourth-order valence-corrected chi connectivity index (χ4v) is 2.06. The molecular formula is C10H14ClN3O2. The lowest BCUT2D eigenvalue weighted by molar-refractivity contribution is 0.213. The minimum atomic E-state index is -0.399. The Hall–Kier alpha value is -1.07. The molecule has 2 rings (SSSR count). The fraction of sp³-hybridized carbons (Fsp3) is 0.600. The molecule has 6 heteroatoms. The Morgan fingerprint density at radius 3 is 2.94 bits per heavy atom. The highest BCUT2D eigenvalue weighted by Crippen LogP contribution is 2.28. The van der Waals surface area contributed by atoms with E-state index in [-0.39, 0.29) is 16.4 Å². The number of hydrogen-bond acceptors (Lipinski definition) is 4. The number of hydrogen-bond donors (Lipinski definition) is 2. The lowest BCUT2D eigenvalue weighted by Gasteiger charge is -2.23. The Morgan fingerprint density at radius 1 is 1.56 bits per heavy atom. The van der Waals surface area contributed by atoms with E-state index in [1.807, 2.05) is 0 Å². The molecule has 0 radical (unpaired) electrons. The third kappa shape index (κ3) is 2.36. The van der Waals surface area contributed by atoms with Gasteiger partial charge in [-0.15, -0.1) is 0 Å². The van der Waals surface area contributed by atoms with Gasteiger partial charge >= 0.3 is 0 Å². The van der Waals surface area contributed by atoms with Crippen molar-refractivity contribution in [3.8, 4) is 5.88 Å². The monoisotopic (exact) mass is 243 g/mol. The number of rotatable bonds is 3. The zero-order valence-corrected chi connectivity index (χ0v) is 9.59. The van der Waals surface area contributed by atoms with Gasteiger partial charge < -0.3 is 15.5 Å². The molecule has 0 unspecified atom stereocenters. The highest BCUT2D eigenvalue weighted by Gasteiger charge is 2.30. The van der Waals surface area contributed by atoms with E-state index in [0.29, 0.717) is 6.61 Å². The van der Waals surface area contributed by atoms with E-state index in [1.54, 1.807) is 0 Å². The molecule has 1 saturated carbocycles. The van der Waals surface area contributed by atoms with Crippen molar-refractivity contribution >= 4 is 11.6 Å². The molecule has 0 spiro atoms. The van der Waals surface area contributed by atoms with Gasteiger partial charge in [0, 0.05) is 0 Å². The number of H-pyrrole nitrogens is 1. The van der Waals surface area contributed by atoms with Crippen molar-refractivity contribution in [3.05, 3.63) is 21.7 Å². The first-order valence-corrected chi connectivity index (χ1v) is 5.63. The number of nitrogens with zero attached hydrogens (tertiary/aromatic N) is 1. The number of nitrogens with two attached hydrogens (primary N) is 1.